The van der Waals surface area contributed by atoms with Gasteiger partial charge in [0.25, 0.3) is 0 Å². The number of carbonyl (C=O) groups excluding carboxylic acids is 1. The fraction of sp³-hybridized carbons (Fsp3) is 0.545. The number of hydrogen-bond acceptors (Lipinski definition) is 2. The Labute approximate surface area is 80.3 Å². The molecule has 0 N–H and O–H groups in total. The molecule has 0 radical (unpaired) electrons. The molecule has 0 bridgehead atoms. The summed E-state index contributed by atoms with van der Waals surface area (Å²) in [5.41, 5.74) is 0. The Bertz CT molecular complexity index is 181. The summed E-state index contributed by atoms with van der Waals surface area (Å²) < 4.78 is 4.95. The minimum Gasteiger partial charge on any atom is -0.465 e. The van der Waals surface area contributed by atoms with Crippen LogP contribution in [-0.4, -0.2) is 12.6 Å². The normalized spacial score (nSPS) is 11.2. The Balaban J connectivity index is 3.29. The maximum atomic E-state index is 10.9. The van der Waals surface area contributed by atoms with E-state index >= 15 is 0 Å². The average Bonchev–Trinajstić information content (AvgIpc) is 2.11. The molecule has 74 valence electrons. The summed E-state index contributed by atoms with van der Waals surface area (Å²) in [7, 11) is 0. The molecule has 2 nitrogen and oxygen atoms in total. The van der Waals surface area contributed by atoms with E-state index in [-0.39, 0.29) is 5.97 Å². The van der Waals surface area contributed by atoms with Crippen LogP contribution in [0.1, 0.15) is 33.1 Å². The van der Waals surface area contributed by atoms with Crippen molar-refractivity contribution in [1.29, 1.82) is 0 Å². The second-order valence-corrected chi connectivity index (χ2v) is 2.71. The molecule has 0 rings (SSSR count). The van der Waals surface area contributed by atoms with Crippen LogP contribution in [0.25, 0.3) is 0 Å². The van der Waals surface area contributed by atoms with Gasteiger partial charge in [-0.15, -0.1) is 0 Å². The Kier molecular flexibility index (Phi) is 8.31. The first kappa shape index (κ1) is 11.9. The smallest absolute Gasteiger partial charge is 0.305 e. The molecule has 0 aromatic carbocycles. The van der Waals surface area contributed by atoms with E-state index in [1.807, 2.05) is 38.2 Å². The fourth-order valence-electron chi connectivity index (χ4n) is 0.803. The van der Waals surface area contributed by atoms with Crippen molar-refractivity contribution in [1.82, 2.24) is 0 Å². The Morgan fingerprint density at radius 2 is 2.15 bits per heavy atom. The monoisotopic (exact) mass is 182 g/mol. The SMILES string of the molecule is CC=CC=CCCOC(=O)CCC. The molecule has 0 aromatic heterocycles. The number of hydrogen-bond donors (Lipinski definition) is 0. The van der Waals surface area contributed by atoms with Crippen LogP contribution in [0.3, 0.4) is 0 Å². The van der Waals surface area contributed by atoms with Crippen LogP contribution in [0.5, 0.6) is 0 Å². The third-order valence-electron chi connectivity index (χ3n) is 1.44. The highest BCUT2D eigenvalue weighted by Crippen LogP contribution is 1.93. The average molecular weight is 182 g/mol. The zero-order valence-corrected chi connectivity index (χ0v) is 8.45. The van der Waals surface area contributed by atoms with Crippen LogP contribution in [0.4, 0.5) is 0 Å². The molecule has 0 heterocycles. The van der Waals surface area contributed by atoms with Gasteiger partial charge in [0.05, 0.1) is 6.61 Å². The van der Waals surface area contributed by atoms with Gasteiger partial charge in [-0.05, 0) is 19.8 Å². The number of allylic oxidation sites excluding steroid dienone is 3. The predicted octanol–water partition coefficient (Wildman–Crippen LogP) is 2.85. The highest BCUT2D eigenvalue weighted by Gasteiger charge is 1.97. The predicted molar refractivity (Wildman–Crippen MR) is 54.4 cm³/mol. The van der Waals surface area contributed by atoms with Crippen LogP contribution in [-0.2, 0) is 9.53 Å². The van der Waals surface area contributed by atoms with E-state index in [4.69, 9.17) is 4.74 Å². The molecule has 0 aliphatic rings. The van der Waals surface area contributed by atoms with Crippen LogP contribution < -0.4 is 0 Å². The van der Waals surface area contributed by atoms with E-state index in [1.165, 1.54) is 0 Å². The first-order valence-electron chi connectivity index (χ1n) is 4.74. The van der Waals surface area contributed by atoms with Gasteiger partial charge in [0, 0.05) is 6.42 Å². The lowest BCUT2D eigenvalue weighted by atomic mass is 10.3. The van der Waals surface area contributed by atoms with E-state index in [1.54, 1.807) is 0 Å². The summed E-state index contributed by atoms with van der Waals surface area (Å²) in [6, 6.07) is 0. The molecule has 13 heavy (non-hydrogen) atoms. The van der Waals surface area contributed by atoms with Gasteiger partial charge in [0.15, 0.2) is 0 Å². The molecule has 0 unspecified atom stereocenters. The second kappa shape index (κ2) is 9.04. The number of esters is 1. The number of carbonyl (C=O) groups is 1. The summed E-state index contributed by atoms with van der Waals surface area (Å²) >= 11 is 0. The molecule has 2 heteroatoms. The second-order valence-electron chi connectivity index (χ2n) is 2.71. The maximum Gasteiger partial charge on any atom is 0.305 e. The van der Waals surface area contributed by atoms with Crippen molar-refractivity contribution in [3.05, 3.63) is 24.3 Å². The lowest BCUT2D eigenvalue weighted by Gasteiger charge is -1.99. The molecule has 0 aliphatic carbocycles. The van der Waals surface area contributed by atoms with Crippen molar-refractivity contribution >= 4 is 5.97 Å². The van der Waals surface area contributed by atoms with Gasteiger partial charge in [0.2, 0.25) is 0 Å². The van der Waals surface area contributed by atoms with E-state index in [0.29, 0.717) is 13.0 Å². The zero-order valence-electron chi connectivity index (χ0n) is 8.45. The summed E-state index contributed by atoms with van der Waals surface area (Å²) in [6.07, 6.45) is 10.0. The lowest BCUT2D eigenvalue weighted by molar-refractivity contribution is -0.143. The summed E-state index contributed by atoms with van der Waals surface area (Å²) in [6.45, 7) is 4.42. The highest BCUT2D eigenvalue weighted by molar-refractivity contribution is 5.69. The molecule has 0 aromatic rings. The van der Waals surface area contributed by atoms with Gasteiger partial charge in [-0.25, -0.2) is 0 Å². The lowest BCUT2D eigenvalue weighted by Crippen LogP contribution is -2.04. The first-order chi connectivity index (χ1) is 6.31. The van der Waals surface area contributed by atoms with Gasteiger partial charge >= 0.3 is 5.97 Å². The van der Waals surface area contributed by atoms with Crippen molar-refractivity contribution in [2.45, 2.75) is 33.1 Å². The topological polar surface area (TPSA) is 26.3 Å². The largest absolute Gasteiger partial charge is 0.465 e. The molecule has 0 saturated carbocycles. The molecule has 0 spiro atoms. The third kappa shape index (κ3) is 8.86. The van der Waals surface area contributed by atoms with Gasteiger partial charge < -0.3 is 4.74 Å². The molecular weight excluding hydrogens is 164 g/mol. The Hall–Kier alpha value is -1.05. The molecule has 0 fully saturated rings. The van der Waals surface area contributed by atoms with Gasteiger partial charge in [-0.1, -0.05) is 31.2 Å². The fourth-order valence-corrected chi connectivity index (χ4v) is 0.803. The summed E-state index contributed by atoms with van der Waals surface area (Å²) in [4.78, 5) is 10.9. The highest BCUT2D eigenvalue weighted by atomic mass is 16.5. The van der Waals surface area contributed by atoms with Crippen LogP contribution in [0.15, 0.2) is 24.3 Å². The van der Waals surface area contributed by atoms with E-state index < -0.39 is 0 Å². The van der Waals surface area contributed by atoms with E-state index in [2.05, 4.69) is 0 Å². The minimum atomic E-state index is -0.0954. The number of ether oxygens (including phenoxy) is 1. The zero-order chi connectivity index (χ0) is 9.94. The van der Waals surface area contributed by atoms with Gasteiger partial charge in [0.1, 0.15) is 0 Å². The third-order valence-corrected chi connectivity index (χ3v) is 1.44. The standard InChI is InChI=1S/C11H18O2/c1-3-5-6-7-8-10-13-11(12)9-4-2/h3,5-7H,4,8-10H2,1-2H3. The summed E-state index contributed by atoms with van der Waals surface area (Å²) in [5, 5.41) is 0. The summed E-state index contributed by atoms with van der Waals surface area (Å²) in [5.74, 6) is -0.0954. The van der Waals surface area contributed by atoms with E-state index in [9.17, 15) is 4.79 Å². The molecular formula is C11H18O2. The quantitative estimate of drug-likeness (QED) is 0.358. The molecule has 0 aliphatic heterocycles. The van der Waals surface area contributed by atoms with Crippen LogP contribution in [0, 0.1) is 0 Å². The first-order valence-corrected chi connectivity index (χ1v) is 4.74. The van der Waals surface area contributed by atoms with Crippen LogP contribution >= 0.6 is 0 Å². The van der Waals surface area contributed by atoms with Crippen molar-refractivity contribution in [2.75, 3.05) is 6.61 Å². The number of rotatable bonds is 6. The van der Waals surface area contributed by atoms with Gasteiger partial charge in [-0.2, -0.15) is 0 Å². The van der Waals surface area contributed by atoms with Crippen molar-refractivity contribution in [3.63, 3.8) is 0 Å². The Morgan fingerprint density at radius 3 is 2.77 bits per heavy atom. The molecule has 0 saturated heterocycles. The molecule has 0 atom stereocenters. The maximum absolute atomic E-state index is 10.9. The van der Waals surface area contributed by atoms with Crippen molar-refractivity contribution in [2.24, 2.45) is 0 Å². The Morgan fingerprint density at radius 1 is 1.38 bits per heavy atom. The van der Waals surface area contributed by atoms with E-state index in [0.717, 1.165) is 12.8 Å². The van der Waals surface area contributed by atoms with Crippen molar-refractivity contribution in [3.8, 4) is 0 Å². The molecule has 0 amide bonds. The minimum absolute atomic E-state index is 0.0954. The van der Waals surface area contributed by atoms with Crippen molar-refractivity contribution < 1.29 is 9.53 Å². The van der Waals surface area contributed by atoms with Gasteiger partial charge in [-0.3, -0.25) is 4.79 Å². The van der Waals surface area contributed by atoms with Crippen LogP contribution in [0.2, 0.25) is 0 Å².